The Kier molecular flexibility index (Phi) is 4.37. The van der Waals surface area contributed by atoms with Crippen molar-refractivity contribution in [2.75, 3.05) is 13.1 Å². The van der Waals surface area contributed by atoms with Crippen LogP contribution >= 0.6 is 0 Å². The van der Waals surface area contributed by atoms with Gasteiger partial charge >= 0.3 is 12.0 Å². The van der Waals surface area contributed by atoms with E-state index in [1.54, 1.807) is 6.07 Å². The second kappa shape index (κ2) is 6.72. The molecular formula is C20H23N3O4. The van der Waals surface area contributed by atoms with Crippen LogP contribution in [0, 0.1) is 5.92 Å². The van der Waals surface area contributed by atoms with Gasteiger partial charge in [0.2, 0.25) is 0 Å². The van der Waals surface area contributed by atoms with E-state index in [0.29, 0.717) is 24.6 Å². The Balaban J connectivity index is 1.53. The fourth-order valence-corrected chi connectivity index (χ4v) is 3.90. The van der Waals surface area contributed by atoms with E-state index in [4.69, 9.17) is 4.74 Å². The van der Waals surface area contributed by atoms with Crippen LogP contribution in [-0.4, -0.2) is 47.0 Å². The Morgan fingerprint density at radius 1 is 1.33 bits per heavy atom. The Labute approximate surface area is 157 Å². The van der Waals surface area contributed by atoms with E-state index in [-0.39, 0.29) is 0 Å². The Bertz CT molecular complexity index is 933. The molecule has 0 spiro atoms. The molecule has 0 unspecified atom stereocenters. The molecule has 2 aromatic rings. The number of aryl methyl sites for hydroxylation is 1. The van der Waals surface area contributed by atoms with Gasteiger partial charge in [0.15, 0.2) is 6.10 Å². The Hall–Kier alpha value is -2.83. The van der Waals surface area contributed by atoms with Crippen LogP contribution in [0.2, 0.25) is 0 Å². The van der Waals surface area contributed by atoms with E-state index >= 15 is 0 Å². The molecule has 2 N–H and O–H groups in total. The largest absolute Gasteiger partial charge is 0.449 e. The zero-order chi connectivity index (χ0) is 19.1. The number of imide groups is 1. The second-order valence-corrected chi connectivity index (χ2v) is 7.46. The normalized spacial score (nSPS) is 20.3. The first-order valence-electron chi connectivity index (χ1n) is 9.37. The third-order valence-corrected chi connectivity index (χ3v) is 5.42. The number of amides is 3. The highest BCUT2D eigenvalue weighted by molar-refractivity contribution is 6.00. The fourth-order valence-electron chi connectivity index (χ4n) is 3.90. The highest BCUT2D eigenvalue weighted by Crippen LogP contribution is 2.32. The average molecular weight is 369 g/mol. The van der Waals surface area contributed by atoms with Crippen LogP contribution in [0.1, 0.15) is 41.9 Å². The molecule has 142 valence electrons. The van der Waals surface area contributed by atoms with Crippen LogP contribution in [0.25, 0.3) is 10.9 Å². The zero-order valence-corrected chi connectivity index (χ0v) is 15.5. The molecule has 0 saturated carbocycles. The predicted molar refractivity (Wildman–Crippen MR) is 99.5 cm³/mol. The van der Waals surface area contributed by atoms with Gasteiger partial charge < -0.3 is 15.0 Å². The third-order valence-electron chi connectivity index (χ3n) is 5.42. The molecule has 1 saturated heterocycles. The van der Waals surface area contributed by atoms with E-state index in [2.05, 4.69) is 17.2 Å². The molecule has 4 rings (SSSR count). The molecule has 3 amide bonds. The Morgan fingerprint density at radius 2 is 2.15 bits per heavy atom. The molecule has 7 nitrogen and oxygen atoms in total. The minimum atomic E-state index is -1.02. The number of benzene rings is 1. The molecule has 1 aromatic carbocycles. The first-order valence-corrected chi connectivity index (χ1v) is 9.37. The highest BCUT2D eigenvalue weighted by atomic mass is 16.5. The van der Waals surface area contributed by atoms with Crippen LogP contribution in [0.5, 0.6) is 0 Å². The van der Waals surface area contributed by atoms with Gasteiger partial charge in [-0.15, -0.1) is 0 Å². The first kappa shape index (κ1) is 17.6. The monoisotopic (exact) mass is 369 g/mol. The van der Waals surface area contributed by atoms with E-state index in [0.717, 1.165) is 28.6 Å². The summed E-state index contributed by atoms with van der Waals surface area (Å²) in [5.74, 6) is -0.445. The van der Waals surface area contributed by atoms with E-state index < -0.39 is 24.0 Å². The summed E-state index contributed by atoms with van der Waals surface area (Å²) < 4.78 is 5.33. The van der Waals surface area contributed by atoms with Crippen molar-refractivity contribution in [1.82, 2.24) is 15.2 Å². The number of carbonyl (C=O) groups is 3. The molecule has 0 radical (unpaired) electrons. The van der Waals surface area contributed by atoms with Crippen LogP contribution in [-0.2, 0) is 22.4 Å². The van der Waals surface area contributed by atoms with Gasteiger partial charge in [-0.25, -0.2) is 9.59 Å². The van der Waals surface area contributed by atoms with Crippen molar-refractivity contribution >= 4 is 28.8 Å². The number of fused-ring (bicyclic) bond motifs is 3. The molecule has 2 heterocycles. The van der Waals surface area contributed by atoms with Gasteiger partial charge in [-0.3, -0.25) is 9.69 Å². The van der Waals surface area contributed by atoms with Gasteiger partial charge in [0.1, 0.15) is 0 Å². The molecule has 1 aliphatic heterocycles. The molecule has 1 fully saturated rings. The van der Waals surface area contributed by atoms with Crippen LogP contribution in [0.4, 0.5) is 4.79 Å². The number of rotatable bonds is 3. The van der Waals surface area contributed by atoms with Gasteiger partial charge in [0.05, 0.1) is 5.56 Å². The van der Waals surface area contributed by atoms with Gasteiger partial charge in [0.25, 0.3) is 5.91 Å². The summed E-state index contributed by atoms with van der Waals surface area (Å²) in [6.07, 6.45) is 2.16. The fraction of sp³-hybridized carbons (Fsp3) is 0.450. The maximum atomic E-state index is 12.6. The number of hydrogen-bond donors (Lipinski definition) is 2. The summed E-state index contributed by atoms with van der Waals surface area (Å²) >= 11 is 0. The van der Waals surface area contributed by atoms with Gasteiger partial charge in [0, 0.05) is 29.7 Å². The number of urea groups is 1. The number of hydrogen-bond acceptors (Lipinski definition) is 4. The molecule has 1 aromatic heterocycles. The summed E-state index contributed by atoms with van der Waals surface area (Å²) in [7, 11) is 0. The van der Waals surface area contributed by atoms with Crippen molar-refractivity contribution in [2.45, 2.75) is 39.2 Å². The molecular weight excluding hydrogens is 346 g/mol. The summed E-state index contributed by atoms with van der Waals surface area (Å²) in [4.78, 5) is 41.0. The number of nitrogens with one attached hydrogen (secondary N) is 2. The summed E-state index contributed by atoms with van der Waals surface area (Å²) in [6, 6.07) is 4.98. The SMILES string of the molecule is C[C@@H]1CCc2[nH]c3ccc(C(=O)O[C@@H](C)C(=O)N4CCNC4=O)cc3c2C1. The van der Waals surface area contributed by atoms with Gasteiger partial charge in [-0.1, -0.05) is 6.92 Å². The summed E-state index contributed by atoms with van der Waals surface area (Å²) in [5.41, 5.74) is 3.95. The smallest absolute Gasteiger partial charge is 0.338 e. The number of aromatic nitrogens is 1. The lowest BCUT2D eigenvalue weighted by molar-refractivity contribution is -0.136. The van der Waals surface area contributed by atoms with Crippen molar-refractivity contribution in [2.24, 2.45) is 5.92 Å². The lowest BCUT2D eigenvalue weighted by atomic mass is 9.87. The van der Waals surface area contributed by atoms with Crippen LogP contribution < -0.4 is 5.32 Å². The lowest BCUT2D eigenvalue weighted by Crippen LogP contribution is -2.41. The van der Waals surface area contributed by atoms with Crippen molar-refractivity contribution in [3.63, 3.8) is 0 Å². The van der Waals surface area contributed by atoms with Crippen molar-refractivity contribution in [3.05, 3.63) is 35.0 Å². The summed E-state index contributed by atoms with van der Waals surface area (Å²) in [6.45, 7) is 4.43. The van der Waals surface area contributed by atoms with Gasteiger partial charge in [-0.2, -0.15) is 0 Å². The minimum Gasteiger partial charge on any atom is -0.449 e. The molecule has 2 aliphatic rings. The van der Waals surface area contributed by atoms with E-state index in [1.165, 1.54) is 24.6 Å². The van der Waals surface area contributed by atoms with Crippen LogP contribution in [0.15, 0.2) is 18.2 Å². The molecule has 0 bridgehead atoms. The number of H-pyrrole nitrogens is 1. The first-order chi connectivity index (χ1) is 12.9. The molecule has 1 aliphatic carbocycles. The average Bonchev–Trinajstić information content (AvgIpc) is 3.23. The number of nitrogens with zero attached hydrogens (tertiary/aromatic N) is 1. The molecule has 27 heavy (non-hydrogen) atoms. The standard InChI is InChI=1S/C20H23N3O4/c1-11-3-5-16-14(9-11)15-10-13(4-6-17(15)22-16)19(25)27-12(2)18(24)23-8-7-21-20(23)26/h4,6,10-12,22H,3,5,7-9H2,1-2H3,(H,21,26)/t11-,12+/m1/s1. The quantitative estimate of drug-likeness (QED) is 0.813. The summed E-state index contributed by atoms with van der Waals surface area (Å²) in [5, 5.41) is 3.61. The number of esters is 1. The number of carbonyl (C=O) groups excluding carboxylic acids is 3. The van der Waals surface area contributed by atoms with E-state index in [1.807, 2.05) is 12.1 Å². The Morgan fingerprint density at radius 3 is 2.89 bits per heavy atom. The van der Waals surface area contributed by atoms with Crippen LogP contribution in [0.3, 0.4) is 0 Å². The maximum absolute atomic E-state index is 12.6. The number of ether oxygens (including phenoxy) is 1. The van der Waals surface area contributed by atoms with Gasteiger partial charge in [-0.05, 0) is 55.9 Å². The number of aromatic amines is 1. The lowest BCUT2D eigenvalue weighted by Gasteiger charge is -2.18. The van der Waals surface area contributed by atoms with Crippen molar-refractivity contribution in [1.29, 1.82) is 0 Å². The molecule has 7 heteroatoms. The minimum absolute atomic E-state index is 0.291. The maximum Gasteiger partial charge on any atom is 0.338 e. The highest BCUT2D eigenvalue weighted by Gasteiger charge is 2.32. The predicted octanol–water partition coefficient (Wildman–Crippen LogP) is 2.39. The van der Waals surface area contributed by atoms with Crippen molar-refractivity contribution < 1.29 is 19.1 Å². The topological polar surface area (TPSA) is 91.5 Å². The van der Waals surface area contributed by atoms with E-state index in [9.17, 15) is 14.4 Å². The second-order valence-electron chi connectivity index (χ2n) is 7.46. The van der Waals surface area contributed by atoms with Crippen molar-refractivity contribution in [3.8, 4) is 0 Å². The third kappa shape index (κ3) is 3.18. The zero-order valence-electron chi connectivity index (χ0n) is 15.5. The molecule has 2 atom stereocenters.